The van der Waals surface area contributed by atoms with Crippen LogP contribution in [0.4, 0.5) is 4.39 Å². The largest absolute Gasteiger partial charge is 0.350 e. The number of fused-ring (bicyclic) bond motifs is 1. The van der Waals surface area contributed by atoms with Crippen LogP contribution in [0.5, 0.6) is 0 Å². The minimum Gasteiger partial charge on any atom is -0.350 e. The Morgan fingerprint density at radius 2 is 1.78 bits per heavy atom. The van der Waals surface area contributed by atoms with Gasteiger partial charge >= 0.3 is 0 Å². The molecule has 1 heterocycles. The summed E-state index contributed by atoms with van der Waals surface area (Å²) >= 11 is 0. The summed E-state index contributed by atoms with van der Waals surface area (Å²) < 4.78 is 14.7. The first-order chi connectivity index (χ1) is 11.1. The van der Waals surface area contributed by atoms with Gasteiger partial charge in [-0.2, -0.15) is 0 Å². The zero-order chi connectivity index (χ0) is 16.4. The third-order valence-electron chi connectivity index (χ3n) is 3.71. The molecule has 0 aliphatic carbocycles. The Labute approximate surface area is 132 Å². The number of hydrogen-bond donors (Lipinski definition) is 1. The molecule has 5 heteroatoms. The number of carbonyl (C=O) groups excluding carboxylic acids is 2. The molecule has 0 spiro atoms. The summed E-state index contributed by atoms with van der Waals surface area (Å²) in [5.41, 5.74) is 1.99. The maximum absolute atomic E-state index is 12.8. The van der Waals surface area contributed by atoms with Crippen molar-refractivity contribution in [1.82, 2.24) is 9.88 Å². The SMILES string of the molecule is Cn1cc(C(=O)C(=O)NCc2ccc(F)cc2)c2ccccc21. The normalized spacial score (nSPS) is 10.7. The van der Waals surface area contributed by atoms with Gasteiger partial charge in [-0.3, -0.25) is 9.59 Å². The van der Waals surface area contributed by atoms with E-state index >= 15 is 0 Å². The molecule has 0 saturated heterocycles. The predicted molar refractivity (Wildman–Crippen MR) is 85.5 cm³/mol. The number of Topliss-reactive ketones (excluding diaryl/α,β-unsaturated/α-hetero) is 1. The van der Waals surface area contributed by atoms with Gasteiger partial charge in [-0.1, -0.05) is 30.3 Å². The van der Waals surface area contributed by atoms with E-state index in [2.05, 4.69) is 5.32 Å². The second-order valence-electron chi connectivity index (χ2n) is 5.31. The highest BCUT2D eigenvalue weighted by atomic mass is 19.1. The molecule has 1 N–H and O–H groups in total. The minimum atomic E-state index is -0.675. The highest BCUT2D eigenvalue weighted by Gasteiger charge is 2.20. The van der Waals surface area contributed by atoms with Crippen LogP contribution in [0.2, 0.25) is 0 Å². The van der Waals surface area contributed by atoms with Crippen LogP contribution < -0.4 is 5.32 Å². The number of halogens is 1. The van der Waals surface area contributed by atoms with Gasteiger partial charge in [0, 0.05) is 30.7 Å². The van der Waals surface area contributed by atoms with E-state index in [0.29, 0.717) is 5.56 Å². The molecule has 0 saturated carbocycles. The molecule has 0 unspecified atom stereocenters. The molecule has 0 fully saturated rings. The molecule has 0 aliphatic rings. The third kappa shape index (κ3) is 2.99. The molecular weight excluding hydrogens is 295 g/mol. The number of nitrogens with zero attached hydrogens (tertiary/aromatic N) is 1. The molecular formula is C18H15FN2O2. The number of ketones is 1. The van der Waals surface area contributed by atoms with E-state index in [1.54, 1.807) is 18.3 Å². The maximum atomic E-state index is 12.8. The summed E-state index contributed by atoms with van der Waals surface area (Å²) in [6, 6.07) is 13.2. The smallest absolute Gasteiger partial charge is 0.292 e. The van der Waals surface area contributed by atoms with Crippen LogP contribution in [-0.4, -0.2) is 16.3 Å². The molecule has 1 amide bonds. The lowest BCUT2D eigenvalue weighted by atomic mass is 10.1. The minimum absolute atomic E-state index is 0.176. The van der Waals surface area contributed by atoms with Gasteiger partial charge in [0.25, 0.3) is 11.7 Å². The fraction of sp³-hybridized carbons (Fsp3) is 0.111. The molecule has 3 rings (SSSR count). The molecule has 0 radical (unpaired) electrons. The Bertz CT molecular complexity index is 882. The lowest BCUT2D eigenvalue weighted by molar-refractivity contribution is -0.117. The molecule has 0 bridgehead atoms. The number of para-hydroxylation sites is 1. The van der Waals surface area contributed by atoms with Gasteiger partial charge < -0.3 is 9.88 Å². The van der Waals surface area contributed by atoms with Gasteiger partial charge in [0.1, 0.15) is 5.82 Å². The molecule has 0 aliphatic heterocycles. The number of amides is 1. The van der Waals surface area contributed by atoms with Crippen molar-refractivity contribution in [3.05, 3.63) is 71.7 Å². The Balaban J connectivity index is 1.76. The number of aromatic nitrogens is 1. The Morgan fingerprint density at radius 3 is 2.52 bits per heavy atom. The fourth-order valence-electron chi connectivity index (χ4n) is 2.51. The van der Waals surface area contributed by atoms with Crippen molar-refractivity contribution in [2.24, 2.45) is 7.05 Å². The number of benzene rings is 2. The summed E-state index contributed by atoms with van der Waals surface area (Å²) in [5.74, 6) is -1.60. The van der Waals surface area contributed by atoms with Crippen molar-refractivity contribution >= 4 is 22.6 Å². The third-order valence-corrected chi connectivity index (χ3v) is 3.71. The van der Waals surface area contributed by atoms with Crippen molar-refractivity contribution in [2.75, 3.05) is 0 Å². The van der Waals surface area contributed by atoms with E-state index in [1.165, 1.54) is 12.1 Å². The molecule has 0 atom stereocenters. The summed E-state index contributed by atoms with van der Waals surface area (Å²) in [4.78, 5) is 24.5. The monoisotopic (exact) mass is 310 g/mol. The molecule has 4 nitrogen and oxygen atoms in total. The number of nitrogens with one attached hydrogen (secondary N) is 1. The van der Waals surface area contributed by atoms with Gasteiger partial charge in [0.15, 0.2) is 0 Å². The second-order valence-corrected chi connectivity index (χ2v) is 5.31. The quantitative estimate of drug-likeness (QED) is 0.595. The lowest BCUT2D eigenvalue weighted by Gasteiger charge is -2.04. The predicted octanol–water partition coefficient (Wildman–Crippen LogP) is 2.82. The van der Waals surface area contributed by atoms with Crippen LogP contribution in [0.1, 0.15) is 15.9 Å². The molecule has 3 aromatic rings. The van der Waals surface area contributed by atoms with Crippen LogP contribution in [-0.2, 0) is 18.4 Å². The van der Waals surface area contributed by atoms with E-state index in [-0.39, 0.29) is 12.4 Å². The van der Waals surface area contributed by atoms with Crippen molar-refractivity contribution in [1.29, 1.82) is 0 Å². The van der Waals surface area contributed by atoms with Crippen LogP contribution in [0.3, 0.4) is 0 Å². The number of carbonyl (C=O) groups is 2. The van der Waals surface area contributed by atoms with Gasteiger partial charge in [0.2, 0.25) is 0 Å². The van der Waals surface area contributed by atoms with Gasteiger partial charge in [-0.05, 0) is 23.8 Å². The van der Waals surface area contributed by atoms with E-state index in [9.17, 15) is 14.0 Å². The first kappa shape index (κ1) is 15.0. The first-order valence-electron chi connectivity index (χ1n) is 7.17. The highest BCUT2D eigenvalue weighted by molar-refractivity contribution is 6.44. The Morgan fingerprint density at radius 1 is 1.09 bits per heavy atom. The average Bonchev–Trinajstić information content (AvgIpc) is 2.91. The second kappa shape index (κ2) is 6.04. The van der Waals surface area contributed by atoms with Crippen LogP contribution in [0.15, 0.2) is 54.7 Å². The van der Waals surface area contributed by atoms with E-state index in [0.717, 1.165) is 16.5 Å². The number of aryl methyl sites for hydroxylation is 1. The van der Waals surface area contributed by atoms with Crippen molar-refractivity contribution in [3.63, 3.8) is 0 Å². The maximum Gasteiger partial charge on any atom is 0.292 e. The van der Waals surface area contributed by atoms with Gasteiger partial charge in [0.05, 0.1) is 5.56 Å². The highest BCUT2D eigenvalue weighted by Crippen LogP contribution is 2.20. The van der Waals surface area contributed by atoms with Crippen molar-refractivity contribution in [3.8, 4) is 0 Å². The Kier molecular flexibility index (Phi) is 3.93. The summed E-state index contributed by atoms with van der Waals surface area (Å²) in [5, 5.41) is 3.32. The summed E-state index contributed by atoms with van der Waals surface area (Å²) in [7, 11) is 1.83. The van der Waals surface area contributed by atoms with E-state index < -0.39 is 11.7 Å². The summed E-state index contributed by atoms with van der Waals surface area (Å²) in [6.07, 6.45) is 1.66. The fourth-order valence-corrected chi connectivity index (χ4v) is 2.51. The average molecular weight is 310 g/mol. The van der Waals surface area contributed by atoms with E-state index in [1.807, 2.05) is 35.9 Å². The molecule has 116 valence electrons. The van der Waals surface area contributed by atoms with E-state index in [4.69, 9.17) is 0 Å². The van der Waals surface area contributed by atoms with Crippen molar-refractivity contribution in [2.45, 2.75) is 6.54 Å². The zero-order valence-corrected chi connectivity index (χ0v) is 12.5. The standard InChI is InChI=1S/C18H15FN2O2/c1-21-11-15(14-4-2-3-5-16(14)21)17(22)18(23)20-10-12-6-8-13(19)9-7-12/h2-9,11H,10H2,1H3,(H,20,23). The van der Waals surface area contributed by atoms with Gasteiger partial charge in [-0.25, -0.2) is 4.39 Å². The van der Waals surface area contributed by atoms with Crippen LogP contribution in [0, 0.1) is 5.82 Å². The van der Waals surface area contributed by atoms with Gasteiger partial charge in [-0.15, -0.1) is 0 Å². The van der Waals surface area contributed by atoms with Crippen molar-refractivity contribution < 1.29 is 14.0 Å². The summed E-state index contributed by atoms with van der Waals surface area (Å²) in [6.45, 7) is 0.176. The number of hydrogen-bond acceptors (Lipinski definition) is 2. The van der Waals surface area contributed by atoms with Crippen LogP contribution in [0.25, 0.3) is 10.9 Å². The first-order valence-corrected chi connectivity index (χ1v) is 7.17. The number of rotatable bonds is 4. The molecule has 1 aromatic heterocycles. The Hall–Kier alpha value is -2.95. The molecule has 23 heavy (non-hydrogen) atoms. The zero-order valence-electron chi connectivity index (χ0n) is 12.5. The molecule has 2 aromatic carbocycles. The lowest BCUT2D eigenvalue weighted by Crippen LogP contribution is -2.30. The van der Waals surface area contributed by atoms with Crippen LogP contribution >= 0.6 is 0 Å². The topological polar surface area (TPSA) is 51.1 Å².